The van der Waals surface area contributed by atoms with Crippen molar-refractivity contribution in [3.63, 3.8) is 0 Å². The molecule has 0 bridgehead atoms. The van der Waals surface area contributed by atoms with Gasteiger partial charge in [0, 0.05) is 12.1 Å². The second kappa shape index (κ2) is 8.76. The monoisotopic (exact) mass is 413 g/mol. The zero-order valence-electron chi connectivity index (χ0n) is 18.7. The van der Waals surface area contributed by atoms with Crippen LogP contribution in [0.15, 0.2) is 66.7 Å². The molecule has 2 heteroatoms. The van der Waals surface area contributed by atoms with Crippen molar-refractivity contribution in [2.75, 3.05) is 0 Å². The maximum atomic E-state index is 10.9. The normalized spacial score (nSPS) is 24.3. The highest BCUT2D eigenvalue weighted by molar-refractivity contribution is 5.86. The molecule has 162 valence electrons. The van der Waals surface area contributed by atoms with E-state index in [4.69, 9.17) is 0 Å². The van der Waals surface area contributed by atoms with Crippen LogP contribution in [0, 0.1) is 0 Å². The number of aliphatic hydroxyl groups is 1. The second-order valence-electron chi connectivity index (χ2n) is 9.88. The van der Waals surface area contributed by atoms with Gasteiger partial charge in [0.1, 0.15) is 0 Å². The highest BCUT2D eigenvalue weighted by Gasteiger charge is 2.33. The molecule has 31 heavy (non-hydrogen) atoms. The van der Waals surface area contributed by atoms with Gasteiger partial charge in [0.2, 0.25) is 0 Å². The van der Waals surface area contributed by atoms with Crippen molar-refractivity contribution >= 4 is 10.8 Å². The van der Waals surface area contributed by atoms with Gasteiger partial charge in [-0.2, -0.15) is 0 Å². The smallest absolute Gasteiger partial charge is 0.0896 e. The van der Waals surface area contributed by atoms with Crippen LogP contribution in [0.25, 0.3) is 10.8 Å². The molecule has 0 aromatic heterocycles. The van der Waals surface area contributed by atoms with Crippen molar-refractivity contribution in [1.82, 2.24) is 5.32 Å². The molecule has 5 rings (SSSR count). The molecule has 3 atom stereocenters. The summed E-state index contributed by atoms with van der Waals surface area (Å²) >= 11 is 0. The lowest BCUT2D eigenvalue weighted by molar-refractivity contribution is 0.0444. The Morgan fingerprint density at radius 2 is 1.61 bits per heavy atom. The molecule has 0 heterocycles. The number of fused-ring (bicyclic) bond motifs is 1. The lowest BCUT2D eigenvalue weighted by Crippen LogP contribution is -2.35. The molecular weight excluding hydrogens is 378 g/mol. The van der Waals surface area contributed by atoms with Gasteiger partial charge in [0.05, 0.1) is 5.60 Å². The Kier molecular flexibility index (Phi) is 5.86. The van der Waals surface area contributed by atoms with Gasteiger partial charge >= 0.3 is 0 Å². The molecule has 3 aromatic rings. The molecule has 2 nitrogen and oxygen atoms in total. The molecule has 0 spiro atoms. The van der Waals surface area contributed by atoms with Gasteiger partial charge < -0.3 is 10.4 Å². The molecule has 3 aromatic carbocycles. The van der Waals surface area contributed by atoms with Gasteiger partial charge in [-0.1, -0.05) is 86.0 Å². The van der Waals surface area contributed by atoms with Crippen LogP contribution in [-0.4, -0.2) is 11.1 Å². The summed E-state index contributed by atoms with van der Waals surface area (Å²) in [5.74, 6) is 0.609. The Labute approximate surface area is 186 Å². The zero-order valence-corrected chi connectivity index (χ0v) is 18.7. The van der Waals surface area contributed by atoms with Crippen molar-refractivity contribution in [2.24, 2.45) is 0 Å². The standard InChI is InChI=1S/C29H35NO/c1-21(27-13-7-9-23-8-2-3-12-28(23)27)30-26-11-6-10-24(20-26)22-14-16-25(17-15-22)29(31)18-4-5-19-29/h2-3,7-9,12-17,21,24,26,30-31H,4-6,10-11,18-20H2,1H3/t21-,24+,26+/m1/s1. The molecule has 0 saturated heterocycles. The third-order valence-corrected chi connectivity index (χ3v) is 7.80. The van der Waals surface area contributed by atoms with E-state index in [-0.39, 0.29) is 0 Å². The van der Waals surface area contributed by atoms with Crippen LogP contribution in [0.3, 0.4) is 0 Å². The fourth-order valence-electron chi connectivity index (χ4n) is 6.03. The van der Waals surface area contributed by atoms with E-state index in [0.717, 1.165) is 31.2 Å². The minimum absolute atomic E-state index is 0.342. The number of nitrogens with one attached hydrogen (secondary N) is 1. The largest absolute Gasteiger partial charge is 0.385 e. The second-order valence-corrected chi connectivity index (χ2v) is 9.88. The van der Waals surface area contributed by atoms with Gasteiger partial charge in [-0.25, -0.2) is 0 Å². The number of hydrogen-bond acceptors (Lipinski definition) is 2. The third-order valence-electron chi connectivity index (χ3n) is 7.80. The average molecular weight is 414 g/mol. The first-order valence-electron chi connectivity index (χ1n) is 12.2. The number of rotatable bonds is 5. The van der Waals surface area contributed by atoms with Crippen molar-refractivity contribution in [3.05, 3.63) is 83.4 Å². The Bertz CT molecular complexity index is 1010. The zero-order chi connectivity index (χ0) is 21.3. The average Bonchev–Trinajstić information content (AvgIpc) is 3.26. The quantitative estimate of drug-likeness (QED) is 0.473. The van der Waals surface area contributed by atoms with E-state index in [9.17, 15) is 5.11 Å². The molecule has 2 aliphatic carbocycles. The highest BCUT2D eigenvalue weighted by Crippen LogP contribution is 2.40. The minimum atomic E-state index is -0.580. The highest BCUT2D eigenvalue weighted by atomic mass is 16.3. The van der Waals surface area contributed by atoms with Crippen molar-refractivity contribution in [2.45, 2.75) is 81.9 Å². The fraction of sp³-hybridized carbons (Fsp3) is 0.448. The van der Waals surface area contributed by atoms with E-state index in [1.165, 1.54) is 47.6 Å². The Hall–Kier alpha value is -2.16. The number of benzene rings is 3. The van der Waals surface area contributed by atoms with Crippen LogP contribution >= 0.6 is 0 Å². The van der Waals surface area contributed by atoms with Crippen LogP contribution in [-0.2, 0) is 5.60 Å². The molecule has 0 amide bonds. The van der Waals surface area contributed by atoms with Crippen molar-refractivity contribution < 1.29 is 5.11 Å². The van der Waals surface area contributed by atoms with E-state index in [0.29, 0.717) is 18.0 Å². The predicted molar refractivity (Wildman–Crippen MR) is 129 cm³/mol. The first-order chi connectivity index (χ1) is 15.1. The van der Waals surface area contributed by atoms with Gasteiger partial charge in [0.15, 0.2) is 0 Å². The van der Waals surface area contributed by atoms with E-state index in [2.05, 4.69) is 79.0 Å². The summed E-state index contributed by atoms with van der Waals surface area (Å²) in [7, 11) is 0. The molecule has 0 radical (unpaired) electrons. The minimum Gasteiger partial charge on any atom is -0.385 e. The molecule has 2 aliphatic rings. The van der Waals surface area contributed by atoms with E-state index < -0.39 is 5.60 Å². The Balaban J connectivity index is 1.27. The summed E-state index contributed by atoms with van der Waals surface area (Å²) in [6.07, 6.45) is 9.09. The van der Waals surface area contributed by atoms with Gasteiger partial charge in [-0.3, -0.25) is 0 Å². The summed E-state index contributed by atoms with van der Waals surface area (Å²) in [5, 5.41) is 17.5. The summed E-state index contributed by atoms with van der Waals surface area (Å²) in [6, 6.07) is 25.2. The molecule has 2 N–H and O–H groups in total. The maximum Gasteiger partial charge on any atom is 0.0896 e. The topological polar surface area (TPSA) is 32.3 Å². The molecule has 2 saturated carbocycles. The summed E-state index contributed by atoms with van der Waals surface area (Å²) < 4.78 is 0. The number of hydrogen-bond donors (Lipinski definition) is 2. The first-order valence-corrected chi connectivity index (χ1v) is 12.2. The van der Waals surface area contributed by atoms with Crippen LogP contribution in [0.2, 0.25) is 0 Å². The van der Waals surface area contributed by atoms with Gasteiger partial charge in [-0.05, 0) is 72.4 Å². The van der Waals surface area contributed by atoms with Crippen molar-refractivity contribution in [1.29, 1.82) is 0 Å². The lowest BCUT2D eigenvalue weighted by Gasteiger charge is -2.33. The van der Waals surface area contributed by atoms with Gasteiger partial charge in [-0.15, -0.1) is 0 Å². The molecule has 2 fully saturated rings. The first kappa shape index (κ1) is 20.7. The van der Waals surface area contributed by atoms with E-state index >= 15 is 0 Å². The van der Waals surface area contributed by atoms with Crippen LogP contribution in [0.4, 0.5) is 0 Å². The summed E-state index contributed by atoms with van der Waals surface area (Å²) in [4.78, 5) is 0. The SMILES string of the molecule is C[C@@H](N[C@H]1CCC[C@H](c2ccc(C3(O)CCCC3)cc2)C1)c1cccc2ccccc12. The maximum absolute atomic E-state index is 10.9. The third kappa shape index (κ3) is 4.29. The fourth-order valence-corrected chi connectivity index (χ4v) is 6.03. The molecule has 0 aliphatic heterocycles. The summed E-state index contributed by atoms with van der Waals surface area (Å²) in [6.45, 7) is 2.31. The predicted octanol–water partition coefficient (Wildman–Crippen LogP) is 6.98. The van der Waals surface area contributed by atoms with Crippen LogP contribution in [0.5, 0.6) is 0 Å². The Morgan fingerprint density at radius 1 is 0.871 bits per heavy atom. The van der Waals surface area contributed by atoms with E-state index in [1.54, 1.807) is 0 Å². The Morgan fingerprint density at radius 3 is 2.42 bits per heavy atom. The molecular formula is C29H35NO. The van der Waals surface area contributed by atoms with E-state index in [1.807, 2.05) is 0 Å². The summed E-state index contributed by atoms with van der Waals surface area (Å²) in [5.41, 5.74) is 3.37. The van der Waals surface area contributed by atoms with Crippen molar-refractivity contribution in [3.8, 4) is 0 Å². The molecule has 0 unspecified atom stereocenters. The lowest BCUT2D eigenvalue weighted by atomic mass is 9.80. The van der Waals surface area contributed by atoms with Gasteiger partial charge in [0.25, 0.3) is 0 Å². The van der Waals surface area contributed by atoms with Crippen LogP contribution in [0.1, 0.15) is 86.9 Å². The van der Waals surface area contributed by atoms with Crippen LogP contribution < -0.4 is 5.32 Å².